The Labute approximate surface area is 235 Å². The number of aryl methyl sites for hydroxylation is 1. The van der Waals surface area contributed by atoms with Crippen molar-refractivity contribution < 1.29 is 9.59 Å². The number of allylic oxidation sites excluding steroid dienone is 8. The van der Waals surface area contributed by atoms with Crippen LogP contribution >= 0.6 is 0 Å². The van der Waals surface area contributed by atoms with Gasteiger partial charge >= 0.3 is 0 Å². The highest BCUT2D eigenvalue weighted by Crippen LogP contribution is 2.40. The number of carbonyl (C=O) groups excluding carboxylic acids is 2. The van der Waals surface area contributed by atoms with Crippen LogP contribution < -0.4 is 0 Å². The minimum Gasteiger partial charge on any atom is -0.289 e. The van der Waals surface area contributed by atoms with Crippen LogP contribution in [0.5, 0.6) is 0 Å². The molecule has 0 heterocycles. The van der Waals surface area contributed by atoms with Gasteiger partial charge < -0.3 is 0 Å². The first-order valence-corrected chi connectivity index (χ1v) is 13.9. The molecule has 0 bridgehead atoms. The Morgan fingerprint density at radius 2 is 0.795 bits per heavy atom. The van der Waals surface area contributed by atoms with Crippen LogP contribution in [0.1, 0.15) is 88.6 Å². The van der Waals surface area contributed by atoms with Crippen LogP contribution in [0.3, 0.4) is 0 Å². The van der Waals surface area contributed by atoms with Crippen LogP contribution in [0.15, 0.2) is 74.8 Å². The zero-order chi connectivity index (χ0) is 29.7. The molecule has 0 spiro atoms. The third-order valence-corrected chi connectivity index (χ3v) is 7.01. The van der Waals surface area contributed by atoms with Crippen molar-refractivity contribution in [2.45, 2.75) is 90.0 Å². The summed E-state index contributed by atoms with van der Waals surface area (Å²) < 4.78 is 0. The molecule has 1 aromatic rings. The number of ketones is 2. The average Bonchev–Trinajstić information content (AvgIpc) is 2.74. The zero-order valence-corrected chi connectivity index (χ0v) is 26.3. The molecule has 0 saturated carbocycles. The van der Waals surface area contributed by atoms with E-state index in [0.29, 0.717) is 0 Å². The molecule has 1 aromatic carbocycles. The van der Waals surface area contributed by atoms with Crippen molar-refractivity contribution >= 4 is 34.4 Å². The van der Waals surface area contributed by atoms with E-state index in [2.05, 4.69) is 83.1 Å². The fraction of sp³-hybridized carbons (Fsp3) is 0.486. The van der Waals surface area contributed by atoms with Crippen molar-refractivity contribution in [3.05, 3.63) is 70.4 Å². The van der Waals surface area contributed by atoms with E-state index in [1.54, 1.807) is 0 Å². The zero-order valence-electron chi connectivity index (χ0n) is 26.3. The van der Waals surface area contributed by atoms with Crippen LogP contribution in [0.2, 0.25) is 0 Å². The maximum Gasteiger partial charge on any atom is 0.186 e. The summed E-state index contributed by atoms with van der Waals surface area (Å²) in [6.45, 7) is 26.8. The summed E-state index contributed by atoms with van der Waals surface area (Å²) in [7, 11) is 0. The lowest BCUT2D eigenvalue weighted by atomic mass is 9.72. The molecule has 0 aliphatic heterocycles. The minimum absolute atomic E-state index is 0.0879. The normalized spacial score (nSPS) is 17.5. The predicted octanol–water partition coefficient (Wildman–Crippen LogP) is 9.20. The molecular weight excluding hydrogens is 480 g/mol. The van der Waals surface area contributed by atoms with Gasteiger partial charge in [-0.2, -0.15) is 0 Å². The molecule has 208 valence electrons. The Hall–Kier alpha value is -3.14. The molecule has 0 fully saturated rings. The Bertz CT molecular complexity index is 1320. The van der Waals surface area contributed by atoms with Gasteiger partial charge in [-0.1, -0.05) is 89.2 Å². The van der Waals surface area contributed by atoms with Gasteiger partial charge in [0.2, 0.25) is 0 Å². The SMILES string of the molecule is Cc1ccc(N=C2C=C(C(C)(C)C)C(=O)C(C(C)(C)C)=C2)c(N=C2C=C(C(C)(C)C)C(=O)C(C(C)(C)C)=C2)c1. The van der Waals surface area contributed by atoms with E-state index in [-0.39, 0.29) is 33.2 Å². The van der Waals surface area contributed by atoms with E-state index >= 15 is 0 Å². The van der Waals surface area contributed by atoms with Gasteiger partial charge in [0, 0.05) is 22.3 Å². The Morgan fingerprint density at radius 3 is 1.10 bits per heavy atom. The fourth-order valence-corrected chi connectivity index (χ4v) is 4.68. The molecule has 39 heavy (non-hydrogen) atoms. The van der Waals surface area contributed by atoms with Crippen molar-refractivity contribution in [2.24, 2.45) is 31.6 Å². The van der Waals surface area contributed by atoms with E-state index in [1.807, 2.05) is 49.4 Å². The minimum atomic E-state index is -0.310. The largest absolute Gasteiger partial charge is 0.289 e. The molecule has 2 aliphatic carbocycles. The Morgan fingerprint density at radius 1 is 0.487 bits per heavy atom. The van der Waals surface area contributed by atoms with Crippen molar-refractivity contribution in [1.82, 2.24) is 0 Å². The Balaban J connectivity index is 2.26. The van der Waals surface area contributed by atoms with Crippen LogP contribution in [0.25, 0.3) is 0 Å². The standard InChI is InChI=1S/C35H46N2O2/c1-21-14-15-28(36-22-17-24(32(2,3)4)30(38)25(18-22)33(5,6)7)29(16-21)37-23-19-26(34(8,9)10)31(39)27(20-23)35(11,12)13/h14-20H,1-13H3. The fourth-order valence-electron chi connectivity index (χ4n) is 4.68. The van der Waals surface area contributed by atoms with Gasteiger partial charge in [-0.25, -0.2) is 9.98 Å². The summed E-state index contributed by atoms with van der Waals surface area (Å²) in [5.41, 5.74) is 5.80. The summed E-state index contributed by atoms with van der Waals surface area (Å²) in [5.74, 6) is 0.176. The molecule has 0 amide bonds. The van der Waals surface area contributed by atoms with Gasteiger partial charge in [-0.15, -0.1) is 0 Å². The lowest BCUT2D eigenvalue weighted by molar-refractivity contribution is -0.114. The van der Waals surface area contributed by atoms with E-state index in [0.717, 1.165) is 50.7 Å². The summed E-state index contributed by atoms with van der Waals surface area (Å²) >= 11 is 0. The number of carbonyl (C=O) groups is 2. The number of hydrogen-bond acceptors (Lipinski definition) is 4. The molecular formula is C35H46N2O2. The van der Waals surface area contributed by atoms with E-state index in [4.69, 9.17) is 9.98 Å². The maximum atomic E-state index is 13.4. The molecule has 4 heteroatoms. The summed E-state index contributed by atoms with van der Waals surface area (Å²) in [4.78, 5) is 36.9. The number of nitrogens with zero attached hydrogens (tertiary/aromatic N) is 2. The first-order chi connectivity index (χ1) is 17.6. The summed E-state index contributed by atoms with van der Waals surface area (Å²) in [6, 6.07) is 6.02. The average molecular weight is 527 g/mol. The van der Waals surface area contributed by atoms with E-state index in [1.165, 1.54) is 0 Å². The van der Waals surface area contributed by atoms with Crippen LogP contribution in [0, 0.1) is 28.6 Å². The molecule has 0 aromatic heterocycles. The van der Waals surface area contributed by atoms with Crippen molar-refractivity contribution in [3.8, 4) is 0 Å². The van der Waals surface area contributed by atoms with Gasteiger partial charge in [0.25, 0.3) is 0 Å². The molecule has 0 saturated heterocycles. The lowest BCUT2D eigenvalue weighted by Gasteiger charge is -2.31. The smallest absolute Gasteiger partial charge is 0.186 e. The maximum absolute atomic E-state index is 13.4. The highest BCUT2D eigenvalue weighted by Gasteiger charge is 2.35. The first kappa shape index (κ1) is 30.4. The Kier molecular flexibility index (Phi) is 7.88. The number of Topliss-reactive ketones (excluding diaryl/α,β-unsaturated/α-hetero) is 2. The second-order valence-corrected chi connectivity index (χ2v) is 15.0. The third-order valence-electron chi connectivity index (χ3n) is 7.01. The van der Waals surface area contributed by atoms with Crippen LogP contribution in [0.4, 0.5) is 11.4 Å². The van der Waals surface area contributed by atoms with Gasteiger partial charge in [0.15, 0.2) is 11.6 Å². The highest BCUT2D eigenvalue weighted by molar-refractivity contribution is 6.24. The van der Waals surface area contributed by atoms with Gasteiger partial charge in [0.05, 0.1) is 22.8 Å². The van der Waals surface area contributed by atoms with Gasteiger partial charge in [0.1, 0.15) is 0 Å². The first-order valence-electron chi connectivity index (χ1n) is 13.9. The summed E-state index contributed by atoms with van der Waals surface area (Å²) in [6.07, 6.45) is 7.68. The number of aliphatic imine (C=N–C) groups is 2. The number of hydrogen-bond donors (Lipinski definition) is 0. The van der Waals surface area contributed by atoms with Crippen molar-refractivity contribution in [3.63, 3.8) is 0 Å². The molecule has 0 radical (unpaired) electrons. The number of benzene rings is 1. The predicted molar refractivity (Wildman–Crippen MR) is 166 cm³/mol. The summed E-state index contributed by atoms with van der Waals surface area (Å²) in [5, 5.41) is 0. The molecule has 0 N–H and O–H groups in total. The highest BCUT2D eigenvalue weighted by atomic mass is 16.1. The quantitative estimate of drug-likeness (QED) is 0.361. The van der Waals surface area contributed by atoms with Crippen LogP contribution in [-0.2, 0) is 9.59 Å². The number of rotatable bonds is 2. The second kappa shape index (κ2) is 10.1. The van der Waals surface area contributed by atoms with Crippen LogP contribution in [-0.4, -0.2) is 23.0 Å². The third kappa shape index (κ3) is 6.90. The lowest BCUT2D eigenvalue weighted by Crippen LogP contribution is -2.29. The second-order valence-electron chi connectivity index (χ2n) is 15.0. The van der Waals surface area contributed by atoms with Gasteiger partial charge in [-0.3, -0.25) is 9.59 Å². The monoisotopic (exact) mass is 526 g/mol. The molecule has 0 unspecified atom stereocenters. The van der Waals surface area contributed by atoms with Gasteiger partial charge in [-0.05, 0) is 70.6 Å². The topological polar surface area (TPSA) is 58.9 Å². The molecule has 4 nitrogen and oxygen atoms in total. The molecule has 2 aliphatic rings. The molecule has 0 atom stereocenters. The van der Waals surface area contributed by atoms with Crippen molar-refractivity contribution in [1.29, 1.82) is 0 Å². The van der Waals surface area contributed by atoms with E-state index in [9.17, 15) is 9.59 Å². The molecule has 3 rings (SSSR count). The van der Waals surface area contributed by atoms with E-state index < -0.39 is 0 Å². The van der Waals surface area contributed by atoms with Crippen molar-refractivity contribution in [2.75, 3.05) is 0 Å².